The summed E-state index contributed by atoms with van der Waals surface area (Å²) in [6, 6.07) is 9.61. The molecule has 1 amide bonds. The molecular weight excluding hydrogens is 378 g/mol. The first-order chi connectivity index (χ1) is 13.8. The maximum Gasteiger partial charge on any atom is 0.335 e. The Hall–Kier alpha value is -3.81. The van der Waals surface area contributed by atoms with Crippen LogP contribution in [0.4, 0.5) is 5.69 Å². The number of carbonyl (C=O) groups excluding carboxylic acids is 2. The molecule has 1 aliphatic rings. The van der Waals surface area contributed by atoms with E-state index in [1.165, 1.54) is 50.3 Å². The number of aliphatic hydroxyl groups excluding tert-OH is 1. The number of carboxylic acids is 1. The molecule has 3 rings (SSSR count). The van der Waals surface area contributed by atoms with Gasteiger partial charge in [0.05, 0.1) is 31.4 Å². The molecule has 150 valence electrons. The highest BCUT2D eigenvalue weighted by Crippen LogP contribution is 2.43. The first-order valence-electron chi connectivity index (χ1n) is 8.63. The Morgan fingerprint density at radius 3 is 2.14 bits per heavy atom. The van der Waals surface area contributed by atoms with E-state index in [0.29, 0.717) is 22.7 Å². The van der Waals surface area contributed by atoms with Crippen molar-refractivity contribution < 1.29 is 34.1 Å². The molecular formula is C21H19NO7. The number of rotatable bonds is 6. The maximum absolute atomic E-state index is 12.8. The lowest BCUT2D eigenvalue weighted by molar-refractivity contribution is -0.117. The number of aliphatic hydroxyl groups is 1. The van der Waals surface area contributed by atoms with E-state index in [-0.39, 0.29) is 11.1 Å². The van der Waals surface area contributed by atoms with Gasteiger partial charge in [0.2, 0.25) is 0 Å². The number of hydrogen-bond donors (Lipinski definition) is 2. The number of ether oxygens (including phenoxy) is 2. The van der Waals surface area contributed by atoms with E-state index >= 15 is 0 Å². The Bertz CT molecular complexity index is 1020. The summed E-state index contributed by atoms with van der Waals surface area (Å²) in [5.41, 5.74) is 0.853. The van der Waals surface area contributed by atoms with Crippen molar-refractivity contribution in [2.24, 2.45) is 0 Å². The number of Topliss-reactive ketones (excluding diaryl/α,β-unsaturated/α-hetero) is 1. The number of ketones is 1. The summed E-state index contributed by atoms with van der Waals surface area (Å²) in [6.45, 7) is 1.27. The Kier molecular flexibility index (Phi) is 5.27. The second-order valence-corrected chi connectivity index (χ2v) is 6.36. The zero-order valence-corrected chi connectivity index (χ0v) is 16.0. The highest BCUT2D eigenvalue weighted by atomic mass is 16.5. The molecule has 0 radical (unpaired) electrons. The Balaban J connectivity index is 2.16. The molecule has 0 saturated heterocycles. The quantitative estimate of drug-likeness (QED) is 0.770. The van der Waals surface area contributed by atoms with E-state index in [4.69, 9.17) is 14.6 Å². The molecule has 29 heavy (non-hydrogen) atoms. The van der Waals surface area contributed by atoms with E-state index in [1.807, 2.05) is 0 Å². The van der Waals surface area contributed by atoms with Crippen molar-refractivity contribution in [3.05, 3.63) is 64.9 Å². The predicted molar refractivity (Wildman–Crippen MR) is 104 cm³/mol. The molecule has 0 spiro atoms. The molecule has 0 bridgehead atoms. The zero-order chi connectivity index (χ0) is 21.3. The van der Waals surface area contributed by atoms with Gasteiger partial charge in [0.1, 0.15) is 0 Å². The minimum atomic E-state index is -1.11. The fraction of sp³-hybridized carbons (Fsp3) is 0.190. The van der Waals surface area contributed by atoms with Crippen LogP contribution in [0.1, 0.15) is 28.9 Å². The van der Waals surface area contributed by atoms with E-state index in [9.17, 15) is 19.5 Å². The highest BCUT2D eigenvalue weighted by Gasteiger charge is 2.43. The average Bonchev–Trinajstić information content (AvgIpc) is 2.98. The van der Waals surface area contributed by atoms with E-state index < -0.39 is 29.5 Å². The maximum atomic E-state index is 12.8. The minimum Gasteiger partial charge on any atom is -0.503 e. The molecule has 0 unspecified atom stereocenters. The van der Waals surface area contributed by atoms with Crippen LogP contribution in [0.2, 0.25) is 0 Å². The lowest BCUT2D eigenvalue weighted by Gasteiger charge is -2.27. The first kappa shape index (κ1) is 19.9. The molecule has 2 aromatic carbocycles. The number of aromatic carboxylic acids is 1. The Morgan fingerprint density at radius 2 is 1.62 bits per heavy atom. The first-order valence-corrected chi connectivity index (χ1v) is 8.63. The molecule has 0 aliphatic carbocycles. The van der Waals surface area contributed by atoms with E-state index in [2.05, 4.69) is 0 Å². The number of benzene rings is 2. The second-order valence-electron chi connectivity index (χ2n) is 6.36. The Labute approximate surface area is 166 Å². The minimum absolute atomic E-state index is 0.0482. The fourth-order valence-electron chi connectivity index (χ4n) is 3.33. The van der Waals surface area contributed by atoms with Crippen molar-refractivity contribution in [1.82, 2.24) is 0 Å². The van der Waals surface area contributed by atoms with Gasteiger partial charge in [-0.2, -0.15) is 0 Å². The summed E-state index contributed by atoms with van der Waals surface area (Å²) in [4.78, 5) is 37.4. The van der Waals surface area contributed by atoms with Gasteiger partial charge in [-0.3, -0.25) is 14.5 Å². The molecule has 8 nitrogen and oxygen atoms in total. The highest BCUT2D eigenvalue weighted by molar-refractivity contribution is 6.16. The lowest BCUT2D eigenvalue weighted by Crippen LogP contribution is -2.30. The van der Waals surface area contributed by atoms with Gasteiger partial charge in [-0.15, -0.1) is 0 Å². The topological polar surface area (TPSA) is 113 Å². The normalized spacial score (nSPS) is 16.2. The second kappa shape index (κ2) is 7.67. The molecule has 0 saturated carbocycles. The number of anilines is 1. The lowest BCUT2D eigenvalue weighted by atomic mass is 9.96. The van der Waals surface area contributed by atoms with Crippen LogP contribution in [0.25, 0.3) is 0 Å². The third-order valence-electron chi connectivity index (χ3n) is 4.70. The smallest absolute Gasteiger partial charge is 0.335 e. The van der Waals surface area contributed by atoms with Crippen LogP contribution < -0.4 is 14.4 Å². The van der Waals surface area contributed by atoms with E-state index in [1.54, 1.807) is 18.2 Å². The number of methoxy groups -OCH3 is 2. The SMILES string of the molecule is COc1ccc([C@@H]2C(C(C)=O)=C(O)C(=O)N2c2ccc(C(=O)O)cc2)cc1OC. The molecule has 1 heterocycles. The zero-order valence-electron chi connectivity index (χ0n) is 16.0. The molecule has 0 fully saturated rings. The fourth-order valence-corrected chi connectivity index (χ4v) is 3.33. The van der Waals surface area contributed by atoms with Crippen molar-refractivity contribution in [2.75, 3.05) is 19.1 Å². The Morgan fingerprint density at radius 1 is 1.00 bits per heavy atom. The van der Waals surface area contributed by atoms with Crippen molar-refractivity contribution in [3.8, 4) is 11.5 Å². The summed E-state index contributed by atoms with van der Waals surface area (Å²) in [6.07, 6.45) is 0. The van der Waals surface area contributed by atoms with Crippen molar-refractivity contribution in [3.63, 3.8) is 0 Å². The van der Waals surface area contributed by atoms with E-state index in [0.717, 1.165) is 0 Å². The molecule has 8 heteroatoms. The number of amides is 1. The molecule has 2 N–H and O–H groups in total. The summed E-state index contributed by atoms with van der Waals surface area (Å²) < 4.78 is 10.5. The largest absolute Gasteiger partial charge is 0.503 e. The van der Waals surface area contributed by atoms with Crippen LogP contribution in [0.5, 0.6) is 11.5 Å². The third-order valence-corrected chi connectivity index (χ3v) is 4.70. The van der Waals surface area contributed by atoms with Crippen molar-refractivity contribution in [1.29, 1.82) is 0 Å². The summed E-state index contributed by atoms with van der Waals surface area (Å²) >= 11 is 0. The third kappa shape index (κ3) is 3.40. The summed E-state index contributed by atoms with van der Waals surface area (Å²) in [5.74, 6) is -2.09. The average molecular weight is 397 g/mol. The number of hydrogen-bond acceptors (Lipinski definition) is 6. The summed E-state index contributed by atoms with van der Waals surface area (Å²) in [7, 11) is 2.95. The van der Waals surface area contributed by atoms with Crippen LogP contribution in [0, 0.1) is 0 Å². The van der Waals surface area contributed by atoms with Gasteiger partial charge >= 0.3 is 5.97 Å². The van der Waals surface area contributed by atoms with Crippen LogP contribution in [0.15, 0.2) is 53.8 Å². The van der Waals surface area contributed by atoms with Crippen molar-refractivity contribution in [2.45, 2.75) is 13.0 Å². The molecule has 1 atom stereocenters. The van der Waals surface area contributed by atoms with Gasteiger partial charge < -0.3 is 19.7 Å². The van der Waals surface area contributed by atoms with Crippen LogP contribution in [-0.2, 0) is 9.59 Å². The van der Waals surface area contributed by atoms with Crippen LogP contribution in [-0.4, -0.2) is 42.1 Å². The van der Waals surface area contributed by atoms with Crippen LogP contribution in [0.3, 0.4) is 0 Å². The number of carbonyl (C=O) groups is 3. The van der Waals surface area contributed by atoms with Gasteiger partial charge in [-0.05, 0) is 48.9 Å². The van der Waals surface area contributed by atoms with Crippen molar-refractivity contribution >= 4 is 23.3 Å². The van der Waals surface area contributed by atoms with Gasteiger partial charge in [-0.1, -0.05) is 6.07 Å². The van der Waals surface area contributed by atoms with Crippen LogP contribution >= 0.6 is 0 Å². The molecule has 0 aromatic heterocycles. The predicted octanol–water partition coefficient (Wildman–Crippen LogP) is 2.89. The summed E-state index contributed by atoms with van der Waals surface area (Å²) in [5, 5.41) is 19.5. The number of carboxylic acid groups (broad SMARTS) is 1. The van der Waals surface area contributed by atoms with Gasteiger partial charge in [0, 0.05) is 5.69 Å². The van der Waals surface area contributed by atoms with Gasteiger partial charge in [0.15, 0.2) is 23.0 Å². The van der Waals surface area contributed by atoms with Gasteiger partial charge in [0.25, 0.3) is 5.91 Å². The van der Waals surface area contributed by atoms with Gasteiger partial charge in [-0.25, -0.2) is 4.79 Å². The monoisotopic (exact) mass is 397 g/mol. The number of nitrogens with zero attached hydrogens (tertiary/aromatic N) is 1. The molecule has 2 aromatic rings. The molecule has 1 aliphatic heterocycles. The standard InChI is InChI=1S/C21H19NO7/c1-11(23)17-18(13-6-9-15(28-2)16(10-13)29-3)22(20(25)19(17)24)14-7-4-12(5-8-14)21(26)27/h4-10,18,24H,1-3H3,(H,26,27)/t18-/m1/s1.